The van der Waals surface area contributed by atoms with E-state index in [1.165, 1.54) is 24.4 Å². The topological polar surface area (TPSA) is 29.9 Å². The molecule has 0 aliphatic carbocycles. The summed E-state index contributed by atoms with van der Waals surface area (Å²) in [5.41, 5.74) is 1.24. The van der Waals surface area contributed by atoms with Gasteiger partial charge in [0, 0.05) is 18.0 Å². The van der Waals surface area contributed by atoms with E-state index in [1.54, 1.807) is 0 Å². The number of nitrogens with zero attached hydrogens (tertiary/aromatic N) is 2. The van der Waals surface area contributed by atoms with Gasteiger partial charge in [0.2, 0.25) is 0 Å². The van der Waals surface area contributed by atoms with Crippen molar-refractivity contribution in [3.8, 4) is 0 Å². The summed E-state index contributed by atoms with van der Waals surface area (Å²) >= 11 is 0. The van der Waals surface area contributed by atoms with Crippen LogP contribution in [0.15, 0.2) is 6.07 Å². The Morgan fingerprint density at radius 3 is 3.00 bits per heavy atom. The Balaban J connectivity index is 2.22. The minimum atomic E-state index is 0.522. The molecule has 0 fully saturated rings. The van der Waals surface area contributed by atoms with Crippen LogP contribution >= 0.6 is 0 Å². The predicted molar refractivity (Wildman–Crippen MR) is 68.0 cm³/mol. The molecule has 0 radical (unpaired) electrons. The van der Waals surface area contributed by atoms with Crippen LogP contribution in [-0.4, -0.2) is 15.8 Å². The van der Waals surface area contributed by atoms with Crippen molar-refractivity contribution in [1.29, 1.82) is 0 Å². The van der Waals surface area contributed by atoms with E-state index in [1.807, 2.05) is 0 Å². The van der Waals surface area contributed by atoms with Crippen LogP contribution in [0.5, 0.6) is 0 Å². The lowest BCUT2D eigenvalue weighted by atomic mass is 10.0. The van der Waals surface area contributed by atoms with Crippen molar-refractivity contribution < 1.29 is 0 Å². The van der Waals surface area contributed by atoms with Crippen LogP contribution in [0.4, 0.5) is 5.82 Å². The van der Waals surface area contributed by atoms with E-state index in [4.69, 9.17) is 5.10 Å². The second-order valence-corrected chi connectivity index (χ2v) is 5.22. The zero-order chi connectivity index (χ0) is 11.7. The Bertz CT molecular complexity index is 356. The molecule has 16 heavy (non-hydrogen) atoms. The predicted octanol–water partition coefficient (Wildman–Crippen LogP) is 3.55. The summed E-state index contributed by atoms with van der Waals surface area (Å²) < 4.78 is 2.15. The molecule has 0 bridgehead atoms. The van der Waals surface area contributed by atoms with Gasteiger partial charge in [-0.15, -0.1) is 0 Å². The van der Waals surface area contributed by atoms with Crippen LogP contribution < -0.4 is 5.32 Å². The highest BCUT2D eigenvalue weighted by atomic mass is 15.4. The van der Waals surface area contributed by atoms with Gasteiger partial charge < -0.3 is 5.32 Å². The summed E-state index contributed by atoms with van der Waals surface area (Å²) in [5.74, 6) is 1.77. The summed E-state index contributed by atoms with van der Waals surface area (Å²) in [4.78, 5) is 0. The lowest BCUT2D eigenvalue weighted by Gasteiger charge is -2.27. The molecular weight excluding hydrogens is 198 g/mol. The fourth-order valence-electron chi connectivity index (χ4n) is 2.60. The molecule has 3 atom stereocenters. The summed E-state index contributed by atoms with van der Waals surface area (Å²) in [5, 5.41) is 8.25. The van der Waals surface area contributed by atoms with Crippen molar-refractivity contribution in [3.05, 3.63) is 11.8 Å². The average molecular weight is 221 g/mol. The van der Waals surface area contributed by atoms with E-state index in [2.05, 4.69) is 43.8 Å². The zero-order valence-electron chi connectivity index (χ0n) is 10.8. The number of rotatable bonds is 3. The SMILES string of the molecule is CCCC(C)c1cc2n(n1)C(C)CC(C)N2. The second-order valence-electron chi connectivity index (χ2n) is 5.22. The molecule has 0 spiro atoms. The molecular formula is C13H23N3. The molecule has 0 saturated heterocycles. The number of fused-ring (bicyclic) bond motifs is 1. The first-order valence-corrected chi connectivity index (χ1v) is 6.47. The lowest BCUT2D eigenvalue weighted by molar-refractivity contribution is 0.409. The molecule has 0 aromatic carbocycles. The fourth-order valence-corrected chi connectivity index (χ4v) is 2.60. The van der Waals surface area contributed by atoms with Crippen LogP contribution in [0.1, 0.15) is 64.6 Å². The highest BCUT2D eigenvalue weighted by Crippen LogP contribution is 2.30. The molecule has 1 aliphatic heterocycles. The van der Waals surface area contributed by atoms with E-state index < -0.39 is 0 Å². The maximum atomic E-state index is 4.74. The summed E-state index contributed by atoms with van der Waals surface area (Å²) in [7, 11) is 0. The quantitative estimate of drug-likeness (QED) is 0.846. The first kappa shape index (κ1) is 11.5. The first-order chi connectivity index (χ1) is 7.61. The van der Waals surface area contributed by atoms with E-state index in [0.29, 0.717) is 18.0 Å². The largest absolute Gasteiger partial charge is 0.368 e. The maximum Gasteiger partial charge on any atom is 0.125 e. The molecule has 3 nitrogen and oxygen atoms in total. The molecule has 90 valence electrons. The Morgan fingerprint density at radius 2 is 2.31 bits per heavy atom. The van der Waals surface area contributed by atoms with Crippen LogP contribution in [0.25, 0.3) is 0 Å². The minimum Gasteiger partial charge on any atom is -0.368 e. The van der Waals surface area contributed by atoms with E-state index in [9.17, 15) is 0 Å². The zero-order valence-corrected chi connectivity index (χ0v) is 10.8. The van der Waals surface area contributed by atoms with Gasteiger partial charge in [0.1, 0.15) is 5.82 Å². The third-order valence-corrected chi connectivity index (χ3v) is 3.49. The molecule has 0 amide bonds. The van der Waals surface area contributed by atoms with E-state index >= 15 is 0 Å². The van der Waals surface area contributed by atoms with E-state index in [0.717, 1.165) is 6.42 Å². The number of anilines is 1. The van der Waals surface area contributed by atoms with Crippen LogP contribution in [0.3, 0.4) is 0 Å². The van der Waals surface area contributed by atoms with Gasteiger partial charge in [0.25, 0.3) is 0 Å². The Labute approximate surface area is 98.2 Å². The van der Waals surface area contributed by atoms with Gasteiger partial charge >= 0.3 is 0 Å². The third-order valence-electron chi connectivity index (χ3n) is 3.49. The fraction of sp³-hybridized carbons (Fsp3) is 0.769. The molecule has 2 heterocycles. The number of hydrogen-bond donors (Lipinski definition) is 1. The molecule has 1 aromatic rings. The molecule has 0 saturated carbocycles. The van der Waals surface area contributed by atoms with Gasteiger partial charge in [0.05, 0.1) is 11.7 Å². The second kappa shape index (κ2) is 4.48. The monoisotopic (exact) mass is 221 g/mol. The Hall–Kier alpha value is -0.990. The van der Waals surface area contributed by atoms with Crippen LogP contribution in [-0.2, 0) is 0 Å². The average Bonchev–Trinajstić information content (AvgIpc) is 2.62. The van der Waals surface area contributed by atoms with Gasteiger partial charge in [-0.1, -0.05) is 20.3 Å². The standard InChI is InChI=1S/C13H23N3/c1-5-6-9(2)12-8-13-14-10(3)7-11(4)16(13)15-12/h8-11,14H,5-7H2,1-4H3. The van der Waals surface area contributed by atoms with E-state index in [-0.39, 0.29) is 0 Å². The molecule has 1 aliphatic rings. The third kappa shape index (κ3) is 2.08. The van der Waals surface area contributed by atoms with Crippen molar-refractivity contribution in [2.45, 2.75) is 65.0 Å². The van der Waals surface area contributed by atoms with Gasteiger partial charge in [0.15, 0.2) is 0 Å². The first-order valence-electron chi connectivity index (χ1n) is 6.47. The van der Waals surface area contributed by atoms with Crippen molar-refractivity contribution in [1.82, 2.24) is 9.78 Å². The van der Waals surface area contributed by atoms with Crippen molar-refractivity contribution in [2.75, 3.05) is 5.32 Å². The Kier molecular flexibility index (Phi) is 3.22. The maximum absolute atomic E-state index is 4.74. The normalized spacial score (nSPS) is 26.0. The summed E-state index contributed by atoms with van der Waals surface area (Å²) in [6, 6.07) is 3.31. The molecule has 1 aromatic heterocycles. The smallest absolute Gasteiger partial charge is 0.125 e. The minimum absolute atomic E-state index is 0.522. The molecule has 1 N–H and O–H groups in total. The van der Waals surface area contributed by atoms with Gasteiger partial charge in [-0.25, -0.2) is 4.68 Å². The highest BCUT2D eigenvalue weighted by Gasteiger charge is 2.23. The molecule has 2 rings (SSSR count). The summed E-state index contributed by atoms with van der Waals surface area (Å²) in [6.45, 7) is 8.99. The highest BCUT2D eigenvalue weighted by molar-refractivity contribution is 5.41. The lowest BCUT2D eigenvalue weighted by Crippen LogP contribution is -2.28. The molecule has 3 heteroatoms. The number of hydrogen-bond acceptors (Lipinski definition) is 2. The number of nitrogens with one attached hydrogen (secondary N) is 1. The summed E-state index contributed by atoms with van der Waals surface area (Å²) in [6.07, 6.45) is 3.61. The van der Waals surface area contributed by atoms with Crippen LogP contribution in [0, 0.1) is 0 Å². The Morgan fingerprint density at radius 1 is 1.56 bits per heavy atom. The van der Waals surface area contributed by atoms with Crippen LogP contribution in [0.2, 0.25) is 0 Å². The molecule has 3 unspecified atom stereocenters. The van der Waals surface area contributed by atoms with Gasteiger partial charge in [-0.2, -0.15) is 5.10 Å². The van der Waals surface area contributed by atoms with Gasteiger partial charge in [-0.3, -0.25) is 0 Å². The van der Waals surface area contributed by atoms with Crippen molar-refractivity contribution in [3.63, 3.8) is 0 Å². The van der Waals surface area contributed by atoms with Crippen molar-refractivity contribution in [2.24, 2.45) is 0 Å². The van der Waals surface area contributed by atoms with Crippen molar-refractivity contribution >= 4 is 5.82 Å². The number of aromatic nitrogens is 2. The van der Waals surface area contributed by atoms with Gasteiger partial charge in [-0.05, 0) is 26.7 Å².